The third-order valence-electron chi connectivity index (χ3n) is 4.11. The molecule has 0 spiro atoms. The zero-order chi connectivity index (χ0) is 19.2. The van der Waals surface area contributed by atoms with Crippen molar-refractivity contribution in [1.82, 2.24) is 0 Å². The molecule has 0 heterocycles. The Morgan fingerprint density at radius 2 is 1.44 bits per heavy atom. The van der Waals surface area contributed by atoms with Crippen LogP contribution in [0.25, 0.3) is 0 Å². The predicted octanol–water partition coefficient (Wildman–Crippen LogP) is 4.19. The first kappa shape index (κ1) is 18.2. The molecule has 0 aliphatic heterocycles. The minimum absolute atomic E-state index is 0.206. The van der Waals surface area contributed by atoms with Crippen LogP contribution in [0.15, 0.2) is 72.8 Å². The quantitative estimate of drug-likeness (QED) is 0.669. The molecule has 3 aromatic rings. The van der Waals surface area contributed by atoms with E-state index in [0.29, 0.717) is 33.9 Å². The highest BCUT2D eigenvalue weighted by atomic mass is 16.5. The molecule has 27 heavy (non-hydrogen) atoms. The van der Waals surface area contributed by atoms with Gasteiger partial charge >= 0.3 is 0 Å². The van der Waals surface area contributed by atoms with Crippen LogP contribution in [-0.4, -0.2) is 25.9 Å². The van der Waals surface area contributed by atoms with Crippen LogP contribution in [0.5, 0.6) is 11.5 Å². The maximum atomic E-state index is 12.8. The number of hydrogen-bond acceptors (Lipinski definition) is 4. The second kappa shape index (κ2) is 8.19. The molecule has 3 rings (SSSR count). The van der Waals surface area contributed by atoms with Gasteiger partial charge in [0.1, 0.15) is 11.5 Å². The van der Waals surface area contributed by atoms with E-state index in [0.717, 1.165) is 0 Å². The summed E-state index contributed by atoms with van der Waals surface area (Å²) in [4.78, 5) is 25.7. The van der Waals surface area contributed by atoms with E-state index in [1.54, 1.807) is 73.8 Å². The zero-order valence-corrected chi connectivity index (χ0v) is 15.1. The van der Waals surface area contributed by atoms with Gasteiger partial charge in [0.2, 0.25) is 0 Å². The smallest absolute Gasteiger partial charge is 0.256 e. The molecule has 0 bridgehead atoms. The maximum Gasteiger partial charge on any atom is 0.256 e. The Kier molecular flexibility index (Phi) is 5.52. The van der Waals surface area contributed by atoms with Crippen LogP contribution in [-0.2, 0) is 0 Å². The lowest BCUT2D eigenvalue weighted by atomic mass is 9.98. The molecule has 136 valence electrons. The van der Waals surface area contributed by atoms with Gasteiger partial charge in [0.25, 0.3) is 5.91 Å². The fourth-order valence-electron chi connectivity index (χ4n) is 2.72. The summed E-state index contributed by atoms with van der Waals surface area (Å²) >= 11 is 0. The summed E-state index contributed by atoms with van der Waals surface area (Å²) in [5.74, 6) is 0.487. The third-order valence-corrected chi connectivity index (χ3v) is 4.11. The number of hydrogen-bond donors (Lipinski definition) is 1. The average Bonchev–Trinajstić information content (AvgIpc) is 2.74. The van der Waals surface area contributed by atoms with Gasteiger partial charge in [-0.2, -0.15) is 0 Å². The molecule has 5 nitrogen and oxygen atoms in total. The minimum Gasteiger partial charge on any atom is -0.497 e. The molecule has 0 unspecified atom stereocenters. The fraction of sp³-hybridized carbons (Fsp3) is 0.0909. The fourth-order valence-corrected chi connectivity index (χ4v) is 2.72. The van der Waals surface area contributed by atoms with Crippen LogP contribution < -0.4 is 14.8 Å². The van der Waals surface area contributed by atoms with Crippen molar-refractivity contribution in [3.63, 3.8) is 0 Å². The van der Waals surface area contributed by atoms with Gasteiger partial charge in [0, 0.05) is 17.2 Å². The van der Waals surface area contributed by atoms with Gasteiger partial charge in [-0.15, -0.1) is 0 Å². The van der Waals surface area contributed by atoms with Crippen molar-refractivity contribution in [2.24, 2.45) is 0 Å². The summed E-state index contributed by atoms with van der Waals surface area (Å²) in [5, 5.41) is 2.80. The number of nitrogens with one attached hydrogen (secondary N) is 1. The lowest BCUT2D eigenvalue weighted by Gasteiger charge is -2.13. The van der Waals surface area contributed by atoms with E-state index in [-0.39, 0.29) is 5.78 Å². The number of anilines is 1. The summed E-state index contributed by atoms with van der Waals surface area (Å²) < 4.78 is 10.5. The molecular weight excluding hydrogens is 342 g/mol. The van der Waals surface area contributed by atoms with Gasteiger partial charge in [0.15, 0.2) is 5.78 Å². The zero-order valence-electron chi connectivity index (χ0n) is 15.1. The largest absolute Gasteiger partial charge is 0.497 e. The van der Waals surface area contributed by atoms with Gasteiger partial charge < -0.3 is 14.8 Å². The van der Waals surface area contributed by atoms with Crippen molar-refractivity contribution in [3.05, 3.63) is 89.5 Å². The molecule has 0 saturated carbocycles. The first-order valence-electron chi connectivity index (χ1n) is 8.36. The van der Waals surface area contributed by atoms with Gasteiger partial charge in [-0.25, -0.2) is 0 Å². The van der Waals surface area contributed by atoms with Gasteiger partial charge in [0.05, 0.1) is 25.5 Å². The highest BCUT2D eigenvalue weighted by molar-refractivity contribution is 6.17. The summed E-state index contributed by atoms with van der Waals surface area (Å²) in [6, 6.07) is 20.7. The Hall–Kier alpha value is -3.60. The second-order valence-electron chi connectivity index (χ2n) is 5.76. The standard InChI is InChI=1S/C22H19NO4/c1-26-16-12-13-19(20(14-16)27-2)23-22(25)18-11-7-6-10-17(18)21(24)15-8-4-3-5-9-15/h3-14H,1-2H3,(H,23,25). The molecule has 5 heteroatoms. The Morgan fingerprint density at radius 1 is 0.778 bits per heavy atom. The molecular formula is C22H19NO4. The molecule has 0 saturated heterocycles. The number of rotatable bonds is 6. The second-order valence-corrected chi connectivity index (χ2v) is 5.76. The predicted molar refractivity (Wildman–Crippen MR) is 104 cm³/mol. The summed E-state index contributed by atoms with van der Waals surface area (Å²) in [7, 11) is 3.07. The van der Waals surface area contributed by atoms with E-state index in [4.69, 9.17) is 9.47 Å². The number of carbonyl (C=O) groups excluding carboxylic acids is 2. The van der Waals surface area contributed by atoms with E-state index in [9.17, 15) is 9.59 Å². The summed E-state index contributed by atoms with van der Waals surface area (Å²) in [6.45, 7) is 0. The van der Waals surface area contributed by atoms with Crippen molar-refractivity contribution >= 4 is 17.4 Å². The Balaban J connectivity index is 1.92. The number of amides is 1. The van der Waals surface area contributed by atoms with Gasteiger partial charge in [-0.3, -0.25) is 9.59 Å². The molecule has 0 aromatic heterocycles. The lowest BCUT2D eigenvalue weighted by Crippen LogP contribution is -2.17. The monoisotopic (exact) mass is 361 g/mol. The minimum atomic E-state index is -0.390. The van der Waals surface area contributed by atoms with Gasteiger partial charge in [-0.1, -0.05) is 48.5 Å². The topological polar surface area (TPSA) is 64.6 Å². The number of ketones is 1. The van der Waals surface area contributed by atoms with Crippen molar-refractivity contribution in [2.45, 2.75) is 0 Å². The van der Waals surface area contributed by atoms with Crippen molar-refractivity contribution in [1.29, 1.82) is 0 Å². The number of benzene rings is 3. The molecule has 0 fully saturated rings. The number of methoxy groups -OCH3 is 2. The molecule has 0 atom stereocenters. The maximum absolute atomic E-state index is 12.8. The lowest BCUT2D eigenvalue weighted by molar-refractivity contribution is 0.0996. The third kappa shape index (κ3) is 3.98. The van der Waals surface area contributed by atoms with E-state index in [2.05, 4.69) is 5.32 Å². The van der Waals surface area contributed by atoms with Crippen molar-refractivity contribution < 1.29 is 19.1 Å². The Bertz CT molecular complexity index is 967. The summed E-state index contributed by atoms with van der Waals surface area (Å²) in [6.07, 6.45) is 0. The molecule has 0 aliphatic rings. The summed E-state index contributed by atoms with van der Waals surface area (Å²) in [5.41, 5.74) is 1.66. The highest BCUT2D eigenvalue weighted by Crippen LogP contribution is 2.29. The number of carbonyl (C=O) groups is 2. The SMILES string of the molecule is COc1ccc(NC(=O)c2ccccc2C(=O)c2ccccc2)c(OC)c1. The van der Waals surface area contributed by atoms with Crippen molar-refractivity contribution in [2.75, 3.05) is 19.5 Å². The normalized spacial score (nSPS) is 10.1. The van der Waals surface area contributed by atoms with Crippen LogP contribution in [0.1, 0.15) is 26.3 Å². The van der Waals surface area contributed by atoms with Crippen molar-refractivity contribution in [3.8, 4) is 11.5 Å². The van der Waals surface area contributed by atoms with Gasteiger partial charge in [-0.05, 0) is 18.2 Å². The molecule has 1 amide bonds. The first-order valence-corrected chi connectivity index (χ1v) is 8.36. The average molecular weight is 361 g/mol. The van der Waals surface area contributed by atoms with E-state index < -0.39 is 5.91 Å². The van der Waals surface area contributed by atoms with Crippen LogP contribution in [0.4, 0.5) is 5.69 Å². The molecule has 3 aromatic carbocycles. The van der Waals surface area contributed by atoms with Crippen LogP contribution in [0.3, 0.4) is 0 Å². The van der Waals surface area contributed by atoms with E-state index in [1.165, 1.54) is 7.11 Å². The molecule has 0 radical (unpaired) electrons. The van der Waals surface area contributed by atoms with Crippen LogP contribution in [0.2, 0.25) is 0 Å². The Labute approximate surface area is 157 Å². The highest BCUT2D eigenvalue weighted by Gasteiger charge is 2.19. The number of ether oxygens (including phenoxy) is 2. The molecule has 1 N–H and O–H groups in total. The Morgan fingerprint density at radius 3 is 2.11 bits per heavy atom. The van der Waals surface area contributed by atoms with Crippen LogP contribution in [0, 0.1) is 0 Å². The van der Waals surface area contributed by atoms with E-state index in [1.807, 2.05) is 6.07 Å². The molecule has 0 aliphatic carbocycles. The first-order chi connectivity index (χ1) is 13.1. The van der Waals surface area contributed by atoms with Crippen LogP contribution >= 0.6 is 0 Å². The van der Waals surface area contributed by atoms with E-state index >= 15 is 0 Å².